The molecule has 0 amide bonds. The molecule has 0 aromatic heterocycles. The molecule has 150 valence electrons. The van der Waals surface area contributed by atoms with E-state index in [0.29, 0.717) is 0 Å². The second-order valence-electron chi connectivity index (χ2n) is 8.44. The number of allylic oxidation sites excluding steroid dienone is 1. The van der Waals surface area contributed by atoms with Crippen molar-refractivity contribution in [2.45, 2.75) is 128 Å². The lowest BCUT2D eigenvalue weighted by molar-refractivity contribution is -0.747. The maximum atomic E-state index is 12.3. The summed E-state index contributed by atoms with van der Waals surface area (Å²) >= 11 is 0. The zero-order valence-electron chi connectivity index (χ0n) is 17.3. The number of epoxide rings is 1. The van der Waals surface area contributed by atoms with Crippen molar-refractivity contribution >= 4 is 0 Å². The maximum absolute atomic E-state index is 12.3. The van der Waals surface area contributed by atoms with Gasteiger partial charge in [0.25, 0.3) is 5.60 Å². The zero-order valence-corrected chi connectivity index (χ0v) is 17.3. The third-order valence-electron chi connectivity index (χ3n) is 6.43. The first-order valence-electron chi connectivity index (χ1n) is 11.5. The van der Waals surface area contributed by atoms with Crippen LogP contribution in [0.3, 0.4) is 0 Å². The van der Waals surface area contributed by atoms with E-state index >= 15 is 0 Å². The predicted molar refractivity (Wildman–Crippen MR) is 110 cm³/mol. The van der Waals surface area contributed by atoms with Gasteiger partial charge in [-0.15, -0.1) is 0 Å². The summed E-state index contributed by atoms with van der Waals surface area (Å²) in [7, 11) is 0. The van der Waals surface area contributed by atoms with E-state index < -0.39 is 5.60 Å². The lowest BCUT2D eigenvalue weighted by atomic mass is 9.85. The summed E-state index contributed by atoms with van der Waals surface area (Å²) in [6.07, 6.45) is 26.4. The molecule has 1 saturated heterocycles. The fourth-order valence-electron chi connectivity index (χ4n) is 4.67. The molecule has 1 fully saturated rings. The van der Waals surface area contributed by atoms with Crippen LogP contribution in [0.5, 0.6) is 0 Å². The van der Waals surface area contributed by atoms with Crippen molar-refractivity contribution in [2.75, 3.05) is 0 Å². The molecule has 2 atom stereocenters. The summed E-state index contributed by atoms with van der Waals surface area (Å²) in [5, 5.41) is 12.3. The molecule has 2 aliphatic rings. The topological polar surface area (TPSA) is 25.8 Å². The van der Waals surface area contributed by atoms with Gasteiger partial charge in [-0.05, 0) is 32.1 Å². The minimum Gasteiger partial charge on any atom is -0.533 e. The molecule has 2 heteroatoms. The molecule has 0 bridgehead atoms. The summed E-state index contributed by atoms with van der Waals surface area (Å²) in [4.78, 5) is 0. The Bertz CT molecular complexity index is 428. The van der Waals surface area contributed by atoms with Crippen LogP contribution in [-0.2, 0) is 4.52 Å². The van der Waals surface area contributed by atoms with Crippen molar-refractivity contribution in [3.05, 3.63) is 24.3 Å². The monoisotopic (exact) mass is 362 g/mol. The van der Waals surface area contributed by atoms with Gasteiger partial charge in [-0.1, -0.05) is 90.2 Å². The molecule has 2 nitrogen and oxygen atoms in total. The summed E-state index contributed by atoms with van der Waals surface area (Å²) in [6.45, 7) is 6.26. The SMILES string of the molecule is C=CC1(C2=CCCCC2)C(CCCCCCCCCCCCCC)[O+]1[O-]. The smallest absolute Gasteiger partial charge is 0.285 e. The van der Waals surface area contributed by atoms with Crippen molar-refractivity contribution in [2.24, 2.45) is 0 Å². The molecule has 0 saturated carbocycles. The normalized spacial score (nSPS) is 25.9. The molecule has 2 rings (SSSR count). The summed E-state index contributed by atoms with van der Waals surface area (Å²) in [5.41, 5.74) is 0.917. The highest BCUT2D eigenvalue weighted by molar-refractivity contribution is 5.36. The Morgan fingerprint density at radius 2 is 1.58 bits per heavy atom. The van der Waals surface area contributed by atoms with Gasteiger partial charge in [-0.2, -0.15) is 0 Å². The van der Waals surface area contributed by atoms with Crippen LogP contribution in [0.15, 0.2) is 24.3 Å². The molecular weight excluding hydrogens is 320 g/mol. The van der Waals surface area contributed by atoms with Gasteiger partial charge in [0.15, 0.2) is 0 Å². The van der Waals surface area contributed by atoms with E-state index in [0.717, 1.165) is 19.3 Å². The molecule has 0 aromatic rings. The Kier molecular flexibility index (Phi) is 9.99. The van der Waals surface area contributed by atoms with E-state index in [1.165, 1.54) is 95.5 Å². The van der Waals surface area contributed by atoms with Crippen molar-refractivity contribution < 1.29 is 9.78 Å². The average molecular weight is 363 g/mol. The third kappa shape index (κ3) is 5.96. The average Bonchev–Trinajstić information content (AvgIpc) is 3.27. The zero-order chi connectivity index (χ0) is 18.7. The number of hydrogen-bond donors (Lipinski definition) is 0. The number of hydrogen-bond acceptors (Lipinski definition) is 1. The lowest BCUT2D eigenvalue weighted by Gasteiger charge is -2.15. The van der Waals surface area contributed by atoms with Crippen LogP contribution >= 0.6 is 0 Å². The third-order valence-corrected chi connectivity index (χ3v) is 6.43. The molecule has 0 N–H and O–H groups in total. The van der Waals surface area contributed by atoms with Crippen LogP contribution in [0.1, 0.15) is 116 Å². The van der Waals surface area contributed by atoms with Crippen LogP contribution in [0.4, 0.5) is 0 Å². The largest absolute Gasteiger partial charge is 0.533 e. The van der Waals surface area contributed by atoms with E-state index in [-0.39, 0.29) is 6.10 Å². The Morgan fingerprint density at radius 3 is 2.08 bits per heavy atom. The predicted octanol–water partition coefficient (Wildman–Crippen LogP) is 6.71. The first kappa shape index (κ1) is 21.7. The molecular formula is C24H42O2. The molecule has 26 heavy (non-hydrogen) atoms. The molecule has 2 unspecified atom stereocenters. The fraction of sp³-hybridized carbons (Fsp3) is 0.833. The summed E-state index contributed by atoms with van der Waals surface area (Å²) < 4.78 is 2.20. The van der Waals surface area contributed by atoms with Crippen LogP contribution in [0.25, 0.3) is 0 Å². The molecule has 1 aliphatic carbocycles. The fourth-order valence-corrected chi connectivity index (χ4v) is 4.67. The second kappa shape index (κ2) is 12.0. The minimum absolute atomic E-state index is 0.0903. The molecule has 0 spiro atoms. The minimum atomic E-state index is -0.405. The Balaban J connectivity index is 1.49. The Labute approximate surface area is 162 Å². The van der Waals surface area contributed by atoms with Gasteiger partial charge in [0.1, 0.15) is 0 Å². The van der Waals surface area contributed by atoms with Crippen molar-refractivity contribution in [1.29, 1.82) is 0 Å². The first-order chi connectivity index (χ1) is 12.8. The lowest BCUT2D eigenvalue weighted by Crippen LogP contribution is -2.22. The molecule has 1 heterocycles. The number of unbranched alkanes of at least 4 members (excludes halogenated alkanes) is 11. The van der Waals surface area contributed by atoms with Gasteiger partial charge < -0.3 is 9.78 Å². The summed E-state index contributed by atoms with van der Waals surface area (Å²) in [5.74, 6) is 0. The van der Waals surface area contributed by atoms with Gasteiger partial charge in [0.2, 0.25) is 6.10 Å². The van der Waals surface area contributed by atoms with E-state index in [1.54, 1.807) is 0 Å². The highest BCUT2D eigenvalue weighted by Gasteiger charge is 2.69. The highest BCUT2D eigenvalue weighted by atomic mass is 17.3. The van der Waals surface area contributed by atoms with Crippen molar-refractivity contribution in [3.8, 4) is 0 Å². The van der Waals surface area contributed by atoms with Crippen LogP contribution in [0, 0.1) is 0 Å². The summed E-state index contributed by atoms with van der Waals surface area (Å²) in [6, 6.07) is 0. The van der Waals surface area contributed by atoms with Gasteiger partial charge in [0.05, 0.1) is 0 Å². The standard InChI is InChI=1S/C24H42O2/c1-3-5-6-7-8-9-10-11-12-13-14-18-21-23-24(4-2,26(23)25)22-19-16-15-17-20-22/h4,19,23H,2-3,5-18,20-21H2,1H3. The van der Waals surface area contributed by atoms with Gasteiger partial charge in [0, 0.05) is 18.1 Å². The van der Waals surface area contributed by atoms with Crippen LogP contribution < -0.4 is 5.26 Å². The second-order valence-corrected chi connectivity index (χ2v) is 8.44. The highest BCUT2D eigenvalue weighted by Crippen LogP contribution is 2.53. The molecule has 0 radical (unpaired) electrons. The van der Waals surface area contributed by atoms with Gasteiger partial charge >= 0.3 is 0 Å². The van der Waals surface area contributed by atoms with E-state index in [4.69, 9.17) is 0 Å². The number of rotatable bonds is 15. The van der Waals surface area contributed by atoms with Crippen LogP contribution in [-0.4, -0.2) is 11.7 Å². The van der Waals surface area contributed by atoms with E-state index in [9.17, 15) is 5.26 Å². The first-order valence-corrected chi connectivity index (χ1v) is 11.5. The van der Waals surface area contributed by atoms with Crippen LogP contribution in [0.2, 0.25) is 0 Å². The van der Waals surface area contributed by atoms with Gasteiger partial charge in [-0.25, -0.2) is 0 Å². The molecule has 1 aliphatic heterocycles. The Hall–Kier alpha value is -0.600. The van der Waals surface area contributed by atoms with Gasteiger partial charge in [-0.3, -0.25) is 0 Å². The molecule has 0 aromatic carbocycles. The maximum Gasteiger partial charge on any atom is 0.285 e. The Morgan fingerprint density at radius 1 is 1.00 bits per heavy atom. The quantitative estimate of drug-likeness (QED) is 0.104. The van der Waals surface area contributed by atoms with E-state index in [2.05, 4.69) is 24.1 Å². The van der Waals surface area contributed by atoms with Crippen molar-refractivity contribution in [1.82, 2.24) is 0 Å². The van der Waals surface area contributed by atoms with Crippen molar-refractivity contribution in [3.63, 3.8) is 0 Å². The van der Waals surface area contributed by atoms with E-state index in [1.807, 2.05) is 6.08 Å².